The number of anilines is 4. The summed E-state index contributed by atoms with van der Waals surface area (Å²) >= 11 is 0. The van der Waals surface area contributed by atoms with Crippen molar-refractivity contribution in [1.29, 1.82) is 0 Å². The number of fused-ring (bicyclic) bond motifs is 1. The molecule has 2 aromatic rings. The average molecular weight is 533 g/mol. The van der Waals surface area contributed by atoms with Gasteiger partial charge in [-0.3, -0.25) is 10.1 Å². The second kappa shape index (κ2) is 11.5. The van der Waals surface area contributed by atoms with Crippen molar-refractivity contribution in [2.24, 2.45) is 5.92 Å². The summed E-state index contributed by atoms with van der Waals surface area (Å²) < 4.78 is 46.0. The predicted octanol–water partition coefficient (Wildman–Crippen LogP) is 6.89. The van der Waals surface area contributed by atoms with Gasteiger partial charge >= 0.3 is 12.3 Å². The smallest absolute Gasteiger partial charge is 0.418 e. The maximum absolute atomic E-state index is 13.6. The lowest BCUT2D eigenvalue weighted by atomic mass is 9.86. The summed E-state index contributed by atoms with van der Waals surface area (Å²) in [6, 6.07) is 7.12. The number of hydrogen-bond acceptors (Lipinski definition) is 5. The third kappa shape index (κ3) is 6.34. The number of carbonyl (C=O) groups is 2. The van der Waals surface area contributed by atoms with Gasteiger partial charge in [-0.2, -0.15) is 13.2 Å². The molecule has 0 aliphatic heterocycles. The third-order valence-corrected chi connectivity index (χ3v) is 7.64. The summed E-state index contributed by atoms with van der Waals surface area (Å²) in [5.41, 5.74) is 8.58. The summed E-state index contributed by atoms with van der Waals surface area (Å²) in [5.74, 6) is 0.130. The number of alkyl halides is 3. The van der Waals surface area contributed by atoms with Gasteiger partial charge in [-0.25, -0.2) is 4.79 Å². The van der Waals surface area contributed by atoms with Crippen LogP contribution in [-0.4, -0.2) is 25.7 Å². The Hall–Kier alpha value is -3.43. The van der Waals surface area contributed by atoms with Gasteiger partial charge in [-0.1, -0.05) is 31.7 Å². The zero-order valence-electron chi connectivity index (χ0n) is 21.8. The number of amides is 2. The third-order valence-electron chi connectivity index (χ3n) is 7.64. The lowest BCUT2D eigenvalue weighted by Crippen LogP contribution is -2.26. The molecule has 0 spiro atoms. The number of nitrogen functional groups attached to an aromatic ring is 1. The zero-order chi connectivity index (χ0) is 27.4. The number of ether oxygens (including phenoxy) is 1. The molecule has 0 saturated heterocycles. The molecule has 4 rings (SSSR count). The molecule has 2 amide bonds. The van der Waals surface area contributed by atoms with Crippen molar-refractivity contribution < 1.29 is 27.5 Å². The molecule has 4 N–H and O–H groups in total. The van der Waals surface area contributed by atoms with E-state index in [1.807, 2.05) is 6.07 Å². The summed E-state index contributed by atoms with van der Waals surface area (Å²) in [5, 5.41) is 6.07. The number of halogens is 3. The number of nitrogens with two attached hydrogens (primary N) is 1. The van der Waals surface area contributed by atoms with Crippen LogP contribution in [0.5, 0.6) is 0 Å². The Morgan fingerprint density at radius 1 is 1.11 bits per heavy atom. The van der Waals surface area contributed by atoms with Crippen LogP contribution < -0.4 is 21.3 Å². The van der Waals surface area contributed by atoms with Crippen LogP contribution in [0.25, 0.3) is 0 Å². The highest BCUT2D eigenvalue weighted by Gasteiger charge is 2.35. The van der Waals surface area contributed by atoms with Gasteiger partial charge in [0.05, 0.1) is 35.3 Å². The van der Waals surface area contributed by atoms with E-state index in [2.05, 4.69) is 10.6 Å². The van der Waals surface area contributed by atoms with Crippen molar-refractivity contribution in [3.63, 3.8) is 0 Å². The van der Waals surface area contributed by atoms with E-state index in [1.165, 1.54) is 51.8 Å². The number of benzene rings is 2. The average Bonchev–Trinajstić information content (AvgIpc) is 3.38. The molecule has 1 atom stereocenters. The maximum Gasteiger partial charge on any atom is 0.418 e. The van der Waals surface area contributed by atoms with E-state index in [0.717, 1.165) is 47.8 Å². The van der Waals surface area contributed by atoms with Crippen LogP contribution in [0.3, 0.4) is 0 Å². The number of nitrogens with zero attached hydrogens (tertiary/aromatic N) is 1. The highest BCUT2D eigenvalue weighted by atomic mass is 19.4. The van der Waals surface area contributed by atoms with E-state index in [1.54, 1.807) is 6.07 Å². The SMILES string of the molecule is CC(=O)N(C)c1cc(NC2CCCc3c2ccc(NC(=O)OCCC2CCCC2)c3N)ccc1C(F)(F)F. The summed E-state index contributed by atoms with van der Waals surface area (Å²) in [4.78, 5) is 25.2. The minimum absolute atomic E-state index is 0.194. The van der Waals surface area contributed by atoms with E-state index in [9.17, 15) is 22.8 Å². The molecule has 2 aliphatic carbocycles. The molecule has 2 aliphatic rings. The fraction of sp³-hybridized carbons (Fsp3) is 0.500. The van der Waals surface area contributed by atoms with Crippen LogP contribution in [0.1, 0.15) is 74.6 Å². The second-order valence-electron chi connectivity index (χ2n) is 10.2. The minimum atomic E-state index is -4.59. The van der Waals surface area contributed by atoms with Crippen molar-refractivity contribution in [3.05, 3.63) is 47.0 Å². The first-order chi connectivity index (χ1) is 18.0. The monoisotopic (exact) mass is 532 g/mol. The molecular weight excluding hydrogens is 497 g/mol. The Kier molecular flexibility index (Phi) is 8.38. The fourth-order valence-corrected chi connectivity index (χ4v) is 5.46. The van der Waals surface area contributed by atoms with Crippen molar-refractivity contribution >= 4 is 34.7 Å². The van der Waals surface area contributed by atoms with Gasteiger partial charge in [0.25, 0.3) is 0 Å². The summed E-state index contributed by atoms with van der Waals surface area (Å²) in [6.07, 6.45) is 2.90. The van der Waals surface area contributed by atoms with E-state index >= 15 is 0 Å². The van der Waals surface area contributed by atoms with E-state index in [4.69, 9.17) is 10.5 Å². The van der Waals surface area contributed by atoms with Gasteiger partial charge in [0, 0.05) is 19.7 Å². The molecule has 38 heavy (non-hydrogen) atoms. The first kappa shape index (κ1) is 27.6. The standard InChI is InChI=1S/C28H35F3N4O3/c1-17(36)35(2)25-16-19(10-12-22(25)28(29,30)31)33-23-9-5-8-21-20(23)11-13-24(26(21)32)34-27(37)38-15-14-18-6-3-4-7-18/h10-13,16,18,23,33H,3-9,14-15,32H2,1-2H3,(H,34,37). The maximum atomic E-state index is 13.6. The highest BCUT2D eigenvalue weighted by Crippen LogP contribution is 2.41. The largest absolute Gasteiger partial charge is 0.449 e. The first-order valence-electron chi connectivity index (χ1n) is 13.1. The Bertz CT molecular complexity index is 1180. The lowest BCUT2D eigenvalue weighted by molar-refractivity contribution is -0.137. The van der Waals surface area contributed by atoms with E-state index in [-0.39, 0.29) is 11.7 Å². The number of rotatable bonds is 7. The van der Waals surface area contributed by atoms with Crippen molar-refractivity contribution in [2.75, 3.05) is 34.9 Å². The number of carbonyl (C=O) groups excluding carboxylic acids is 2. The van der Waals surface area contributed by atoms with Crippen LogP contribution in [0.2, 0.25) is 0 Å². The van der Waals surface area contributed by atoms with E-state index in [0.29, 0.717) is 29.6 Å². The predicted molar refractivity (Wildman–Crippen MR) is 142 cm³/mol. The minimum Gasteiger partial charge on any atom is -0.449 e. The van der Waals surface area contributed by atoms with Crippen molar-refractivity contribution in [2.45, 2.75) is 70.5 Å². The molecule has 0 aromatic heterocycles. The van der Waals surface area contributed by atoms with Gasteiger partial charge in [0.15, 0.2) is 0 Å². The van der Waals surface area contributed by atoms with Crippen LogP contribution in [0.4, 0.5) is 40.7 Å². The Morgan fingerprint density at radius 3 is 2.53 bits per heavy atom. The Morgan fingerprint density at radius 2 is 1.84 bits per heavy atom. The molecule has 1 fully saturated rings. The van der Waals surface area contributed by atoms with Crippen LogP contribution in [0, 0.1) is 5.92 Å². The highest BCUT2D eigenvalue weighted by molar-refractivity contribution is 5.93. The summed E-state index contributed by atoms with van der Waals surface area (Å²) in [6.45, 7) is 1.60. The van der Waals surface area contributed by atoms with Gasteiger partial charge in [0.2, 0.25) is 5.91 Å². The second-order valence-corrected chi connectivity index (χ2v) is 10.2. The van der Waals surface area contributed by atoms with Gasteiger partial charge in [0.1, 0.15) is 0 Å². The quantitative estimate of drug-likeness (QED) is 0.338. The number of nitrogens with one attached hydrogen (secondary N) is 2. The molecular formula is C28H35F3N4O3. The molecule has 206 valence electrons. The molecule has 10 heteroatoms. The van der Waals surface area contributed by atoms with Gasteiger partial charge in [-0.05, 0) is 67.0 Å². The Labute approximate surface area is 220 Å². The van der Waals surface area contributed by atoms with Crippen molar-refractivity contribution in [1.82, 2.24) is 0 Å². The Balaban J connectivity index is 1.48. The molecule has 0 bridgehead atoms. The van der Waals surface area contributed by atoms with Crippen LogP contribution in [-0.2, 0) is 22.1 Å². The van der Waals surface area contributed by atoms with E-state index < -0.39 is 23.7 Å². The fourth-order valence-electron chi connectivity index (χ4n) is 5.46. The van der Waals surface area contributed by atoms with Crippen LogP contribution >= 0.6 is 0 Å². The molecule has 0 heterocycles. The lowest BCUT2D eigenvalue weighted by Gasteiger charge is -2.30. The van der Waals surface area contributed by atoms with Crippen LogP contribution in [0.15, 0.2) is 30.3 Å². The first-order valence-corrected chi connectivity index (χ1v) is 13.1. The summed E-state index contributed by atoms with van der Waals surface area (Å²) in [7, 11) is 1.32. The molecule has 1 saturated carbocycles. The topological polar surface area (TPSA) is 96.7 Å². The molecule has 7 nitrogen and oxygen atoms in total. The normalized spacial score (nSPS) is 17.6. The van der Waals surface area contributed by atoms with Gasteiger partial charge < -0.3 is 20.7 Å². The molecule has 0 radical (unpaired) electrons. The molecule has 1 unspecified atom stereocenters. The van der Waals surface area contributed by atoms with Gasteiger partial charge in [-0.15, -0.1) is 0 Å². The van der Waals surface area contributed by atoms with Crippen molar-refractivity contribution in [3.8, 4) is 0 Å². The zero-order valence-corrected chi connectivity index (χ0v) is 21.8. The molecule has 2 aromatic carbocycles. The number of hydrogen-bond donors (Lipinski definition) is 3.